The summed E-state index contributed by atoms with van der Waals surface area (Å²) in [6.45, 7) is 8.89. The van der Waals surface area contributed by atoms with Crippen LogP contribution in [0.15, 0.2) is 9.98 Å². The average Bonchev–Trinajstić information content (AvgIpc) is 3.62. The molecule has 7 nitrogen and oxygen atoms in total. The highest BCUT2D eigenvalue weighted by atomic mass is 35.5. The maximum Gasteiger partial charge on any atom is 0.382 e. The van der Waals surface area contributed by atoms with Crippen LogP contribution in [0.25, 0.3) is 0 Å². The van der Waals surface area contributed by atoms with Gasteiger partial charge in [-0.2, -0.15) is 0 Å². The predicted molar refractivity (Wildman–Crippen MR) is 178 cm³/mol. The number of amidine groups is 2. The molecule has 0 fully saturated rings. The van der Waals surface area contributed by atoms with Crippen LogP contribution < -0.4 is 0 Å². The van der Waals surface area contributed by atoms with E-state index in [-0.39, 0.29) is 11.1 Å². The summed E-state index contributed by atoms with van der Waals surface area (Å²) in [6, 6.07) is 0. The van der Waals surface area contributed by atoms with Gasteiger partial charge in [-0.3, -0.25) is 9.48 Å². The van der Waals surface area contributed by atoms with Gasteiger partial charge in [-0.15, -0.1) is 0 Å². The topological polar surface area (TPSA) is 74.5 Å². The molecule has 0 amide bonds. The van der Waals surface area contributed by atoms with Crippen molar-refractivity contribution in [3.05, 3.63) is 0 Å². The van der Waals surface area contributed by atoms with Crippen LogP contribution >= 0.6 is 11.6 Å². The number of aliphatic imine (C=N–C) groups is 2. The second kappa shape index (κ2) is 23.2. The number of ether oxygens (including phenoxy) is 1. The van der Waals surface area contributed by atoms with E-state index < -0.39 is 11.5 Å². The van der Waals surface area contributed by atoms with E-state index in [1.165, 1.54) is 109 Å². The van der Waals surface area contributed by atoms with E-state index in [4.69, 9.17) is 26.3 Å². The molecule has 0 aliphatic carbocycles. The zero-order chi connectivity index (χ0) is 30.3. The first-order chi connectivity index (χ1) is 20.6. The Morgan fingerprint density at radius 3 is 1.95 bits per heavy atom. The molecule has 0 spiro atoms. The Labute approximate surface area is 263 Å². The van der Waals surface area contributed by atoms with Crippen molar-refractivity contribution in [3.8, 4) is 0 Å². The fourth-order valence-electron chi connectivity index (χ4n) is 6.43. The minimum Gasteiger partial charge on any atom is -0.458 e. The minimum atomic E-state index is -0.870. The third kappa shape index (κ3) is 13.6. The van der Waals surface area contributed by atoms with E-state index in [1.807, 2.05) is 0 Å². The maximum absolute atomic E-state index is 13.1. The standard InChI is InChI=1S/C34H64ClN4O3/c1-3-5-7-9-11-13-15-17-19-21-31-36-23-25-38(31)26-30-42-34(41)33(35)39(28-29-40)27-24-37-32(39)22-20-18-16-14-12-10-8-6-4-2/h33,40H,3-30H2,1-2H3/q+1. The molecule has 0 aromatic carbocycles. The quantitative estimate of drug-likeness (QED) is 0.0337. The van der Waals surface area contributed by atoms with E-state index in [9.17, 15) is 9.90 Å². The first kappa shape index (κ1) is 37.0. The lowest BCUT2D eigenvalue weighted by Crippen LogP contribution is -2.60. The van der Waals surface area contributed by atoms with Crippen molar-refractivity contribution in [1.29, 1.82) is 0 Å². The monoisotopic (exact) mass is 611 g/mol. The fraction of sp³-hybridized carbons (Fsp3) is 0.912. The van der Waals surface area contributed by atoms with Gasteiger partial charge in [-0.25, -0.2) is 9.79 Å². The average molecular weight is 612 g/mol. The Bertz CT molecular complexity index is 778. The molecule has 8 heteroatoms. The summed E-state index contributed by atoms with van der Waals surface area (Å²) in [5, 5.41) is 9.88. The van der Waals surface area contributed by atoms with Gasteiger partial charge in [-0.1, -0.05) is 117 Å². The summed E-state index contributed by atoms with van der Waals surface area (Å²) < 4.78 is 5.96. The van der Waals surface area contributed by atoms with Crippen molar-refractivity contribution in [2.24, 2.45) is 9.98 Å². The molecule has 0 bridgehead atoms. The molecule has 1 N–H and O–H groups in total. The Hall–Kier alpha value is -1.18. The van der Waals surface area contributed by atoms with Crippen LogP contribution in [-0.4, -0.2) is 90.1 Å². The Kier molecular flexibility index (Phi) is 20.5. The molecule has 2 unspecified atom stereocenters. The van der Waals surface area contributed by atoms with Crippen molar-refractivity contribution in [3.63, 3.8) is 0 Å². The molecular weight excluding hydrogens is 548 g/mol. The molecule has 0 aromatic rings. The molecule has 2 aliphatic heterocycles. The number of nitrogens with zero attached hydrogens (tertiary/aromatic N) is 4. The van der Waals surface area contributed by atoms with Crippen molar-refractivity contribution < 1.29 is 19.1 Å². The second-order valence-electron chi connectivity index (χ2n) is 12.4. The predicted octanol–water partition coefficient (Wildman–Crippen LogP) is 7.87. The van der Waals surface area contributed by atoms with Crippen LogP contribution in [0.4, 0.5) is 0 Å². The molecule has 2 aliphatic rings. The Morgan fingerprint density at radius 2 is 1.38 bits per heavy atom. The summed E-state index contributed by atoms with van der Waals surface area (Å²) in [5.41, 5.74) is -0.870. The lowest BCUT2D eigenvalue weighted by Gasteiger charge is -2.36. The van der Waals surface area contributed by atoms with E-state index in [0.717, 1.165) is 44.0 Å². The highest BCUT2D eigenvalue weighted by molar-refractivity contribution is 6.29. The molecule has 2 heterocycles. The van der Waals surface area contributed by atoms with Gasteiger partial charge >= 0.3 is 5.97 Å². The van der Waals surface area contributed by atoms with Crippen molar-refractivity contribution in [2.75, 3.05) is 52.5 Å². The summed E-state index contributed by atoms with van der Waals surface area (Å²) >= 11 is 6.83. The van der Waals surface area contributed by atoms with Crippen molar-refractivity contribution in [1.82, 2.24) is 4.90 Å². The number of alkyl halides is 1. The van der Waals surface area contributed by atoms with Gasteiger partial charge in [0.1, 0.15) is 19.7 Å². The second-order valence-corrected chi connectivity index (χ2v) is 12.9. The summed E-state index contributed by atoms with van der Waals surface area (Å²) in [6.07, 6.45) is 25.2. The largest absolute Gasteiger partial charge is 0.458 e. The molecule has 0 aromatic heterocycles. The first-order valence-corrected chi connectivity index (χ1v) is 18.1. The zero-order valence-electron chi connectivity index (χ0n) is 27.3. The SMILES string of the molecule is CCCCCCCCCCCC1=NCCN1CCOC(=O)C(Cl)[N+]1(CCO)CCN=C1CCCCCCCCCCC. The third-order valence-corrected chi connectivity index (χ3v) is 9.63. The lowest BCUT2D eigenvalue weighted by molar-refractivity contribution is -0.841. The zero-order valence-corrected chi connectivity index (χ0v) is 28.1. The van der Waals surface area contributed by atoms with E-state index in [0.29, 0.717) is 32.8 Å². The maximum atomic E-state index is 13.1. The number of halogens is 1. The molecule has 0 saturated heterocycles. The normalized spacial score (nSPS) is 19.3. The first-order valence-electron chi connectivity index (χ1n) is 17.7. The van der Waals surface area contributed by atoms with Gasteiger partial charge in [0.25, 0.3) is 5.50 Å². The molecule has 2 atom stereocenters. The molecule has 0 radical (unpaired) electrons. The number of aliphatic hydroxyl groups excluding tert-OH is 1. The van der Waals surface area contributed by atoms with E-state index >= 15 is 0 Å². The molecular formula is C34H64ClN4O3+. The minimum absolute atomic E-state index is 0.0280. The number of hydrogen-bond acceptors (Lipinski definition) is 6. The number of aliphatic hydroxyl groups is 1. The molecule has 2 rings (SSSR count). The van der Waals surface area contributed by atoms with Gasteiger partial charge in [0.05, 0.1) is 32.1 Å². The number of hydrogen-bond donors (Lipinski definition) is 1. The van der Waals surface area contributed by atoms with Crippen LogP contribution in [0.1, 0.15) is 142 Å². The van der Waals surface area contributed by atoms with Crippen LogP contribution in [0.3, 0.4) is 0 Å². The van der Waals surface area contributed by atoms with Gasteiger partial charge in [0, 0.05) is 19.4 Å². The van der Waals surface area contributed by atoms with E-state index in [1.54, 1.807) is 0 Å². The van der Waals surface area contributed by atoms with Gasteiger partial charge in [0.15, 0.2) is 5.84 Å². The number of unbranched alkanes of at least 4 members (excludes halogenated alkanes) is 16. The number of quaternary nitrogens is 1. The Balaban J connectivity index is 1.68. The highest BCUT2D eigenvalue weighted by Gasteiger charge is 2.48. The summed E-state index contributed by atoms with van der Waals surface area (Å²) in [7, 11) is 0. The third-order valence-electron chi connectivity index (χ3n) is 9.08. The molecule has 244 valence electrons. The number of rotatable bonds is 27. The fourth-order valence-corrected chi connectivity index (χ4v) is 6.80. The van der Waals surface area contributed by atoms with Gasteiger partial charge in [0.2, 0.25) is 0 Å². The van der Waals surface area contributed by atoms with Crippen molar-refractivity contribution >= 4 is 29.2 Å². The van der Waals surface area contributed by atoms with Gasteiger partial charge in [-0.05, 0) is 24.4 Å². The van der Waals surface area contributed by atoms with Crippen molar-refractivity contribution in [2.45, 2.75) is 148 Å². The van der Waals surface area contributed by atoms with Crippen LogP contribution in [0, 0.1) is 0 Å². The lowest BCUT2D eigenvalue weighted by atomic mass is 10.1. The van der Waals surface area contributed by atoms with Crippen LogP contribution in [0.5, 0.6) is 0 Å². The highest BCUT2D eigenvalue weighted by Crippen LogP contribution is 2.27. The smallest absolute Gasteiger partial charge is 0.382 e. The summed E-state index contributed by atoms with van der Waals surface area (Å²) in [5.74, 6) is 1.72. The number of carbonyl (C=O) groups excluding carboxylic acids is 1. The number of esters is 1. The molecule has 42 heavy (non-hydrogen) atoms. The summed E-state index contributed by atoms with van der Waals surface area (Å²) in [4.78, 5) is 24.9. The molecule has 0 saturated carbocycles. The van der Waals surface area contributed by atoms with Gasteiger partial charge < -0.3 is 14.7 Å². The van der Waals surface area contributed by atoms with Crippen LogP contribution in [0.2, 0.25) is 0 Å². The van der Waals surface area contributed by atoms with Crippen LogP contribution in [-0.2, 0) is 9.53 Å². The Morgan fingerprint density at radius 1 is 0.833 bits per heavy atom. The van der Waals surface area contributed by atoms with E-state index in [2.05, 4.69) is 18.7 Å². The number of carbonyl (C=O) groups is 1.